The molecule has 130 valence electrons. The van der Waals surface area contributed by atoms with Crippen molar-refractivity contribution in [2.75, 3.05) is 26.7 Å². The Hall–Kier alpha value is -0.850. The molecule has 0 aromatic rings. The second-order valence-corrected chi connectivity index (χ2v) is 4.95. The third-order valence-corrected chi connectivity index (χ3v) is 2.36. The van der Waals surface area contributed by atoms with Crippen LogP contribution in [0.5, 0.6) is 0 Å². The first-order valence-electron chi connectivity index (χ1n) is 7.77. The first-order chi connectivity index (χ1) is 9.83. The van der Waals surface area contributed by atoms with Crippen LogP contribution >= 0.6 is 0 Å². The Bertz CT molecular complexity index is 243. The van der Waals surface area contributed by atoms with Gasteiger partial charge < -0.3 is 26.2 Å². The van der Waals surface area contributed by atoms with Crippen LogP contribution in [0, 0.1) is 5.92 Å². The average molecular weight is 307 g/mol. The minimum Gasteiger partial charge on any atom is -0.444 e. The Balaban J connectivity index is -0.000000478. The van der Waals surface area contributed by atoms with Crippen LogP contribution in [0.4, 0.5) is 4.79 Å². The maximum Gasteiger partial charge on any atom is 0.410 e. The summed E-state index contributed by atoms with van der Waals surface area (Å²) < 4.78 is 5.20. The molecule has 6 nitrogen and oxygen atoms in total. The zero-order valence-electron chi connectivity index (χ0n) is 15.1. The quantitative estimate of drug-likeness (QED) is 0.685. The van der Waals surface area contributed by atoms with E-state index in [1.165, 1.54) is 11.9 Å². The van der Waals surface area contributed by atoms with E-state index in [4.69, 9.17) is 10.5 Å². The van der Waals surface area contributed by atoms with E-state index in [2.05, 4.69) is 5.73 Å². The highest BCUT2D eigenvalue weighted by Gasteiger charge is 2.35. The number of nitrogens with zero attached hydrogens (tertiary/aromatic N) is 1. The highest BCUT2D eigenvalue weighted by atomic mass is 16.6. The third kappa shape index (κ3) is 11.5. The van der Waals surface area contributed by atoms with Crippen LogP contribution in [0.15, 0.2) is 0 Å². The van der Waals surface area contributed by atoms with Crippen molar-refractivity contribution in [2.45, 2.75) is 60.2 Å². The van der Waals surface area contributed by atoms with Crippen molar-refractivity contribution in [1.29, 1.82) is 0 Å². The van der Waals surface area contributed by atoms with Crippen molar-refractivity contribution < 1.29 is 14.6 Å². The molecule has 1 heterocycles. The summed E-state index contributed by atoms with van der Waals surface area (Å²) in [6.07, 6.45) is -0.903. The molecule has 21 heavy (non-hydrogen) atoms. The summed E-state index contributed by atoms with van der Waals surface area (Å²) in [6.45, 7) is 14.6. The van der Waals surface area contributed by atoms with Crippen molar-refractivity contribution in [3.63, 3.8) is 0 Å². The molecule has 1 amide bonds. The first-order valence-corrected chi connectivity index (χ1v) is 7.77. The molecule has 5 N–H and O–H groups in total. The Kier molecular flexibility index (Phi) is 16.9. The van der Waals surface area contributed by atoms with Gasteiger partial charge in [0.1, 0.15) is 5.60 Å². The van der Waals surface area contributed by atoms with Gasteiger partial charge in [-0.2, -0.15) is 0 Å². The topological polar surface area (TPSA) is 102 Å². The summed E-state index contributed by atoms with van der Waals surface area (Å²) in [5, 5.41) is 9.58. The molecule has 0 radical (unpaired) electrons. The van der Waals surface area contributed by atoms with Gasteiger partial charge >= 0.3 is 6.09 Å². The number of carbonyl (C=O) groups is 1. The molecule has 0 aromatic heterocycles. The molecular formula is C15H37N3O3. The second-order valence-electron chi connectivity index (χ2n) is 4.95. The largest absolute Gasteiger partial charge is 0.444 e. The molecule has 1 saturated heterocycles. The predicted octanol–water partition coefficient (Wildman–Crippen LogP) is 1.80. The lowest BCUT2D eigenvalue weighted by Gasteiger charge is -2.24. The van der Waals surface area contributed by atoms with E-state index < -0.39 is 11.7 Å². The summed E-state index contributed by atoms with van der Waals surface area (Å²) >= 11 is 0. The number of hydrogen-bond acceptors (Lipinski definition) is 5. The zero-order valence-corrected chi connectivity index (χ0v) is 15.1. The lowest BCUT2D eigenvalue weighted by Crippen LogP contribution is -2.36. The second kappa shape index (κ2) is 14.1. The number of aliphatic hydroxyl groups is 1. The zero-order chi connectivity index (χ0) is 17.6. The van der Waals surface area contributed by atoms with E-state index >= 15 is 0 Å². The fourth-order valence-electron chi connectivity index (χ4n) is 1.56. The van der Waals surface area contributed by atoms with Crippen molar-refractivity contribution in [2.24, 2.45) is 17.4 Å². The van der Waals surface area contributed by atoms with Gasteiger partial charge in [0.2, 0.25) is 0 Å². The molecule has 6 heteroatoms. The van der Waals surface area contributed by atoms with Crippen molar-refractivity contribution in [3.05, 3.63) is 0 Å². The Morgan fingerprint density at radius 3 is 1.90 bits per heavy atom. The smallest absolute Gasteiger partial charge is 0.410 e. The van der Waals surface area contributed by atoms with E-state index in [-0.39, 0.29) is 12.0 Å². The summed E-state index contributed by atoms with van der Waals surface area (Å²) in [4.78, 5) is 13.1. The maximum absolute atomic E-state index is 11.6. The Morgan fingerprint density at radius 2 is 1.62 bits per heavy atom. The van der Waals surface area contributed by atoms with Crippen LogP contribution in [-0.2, 0) is 4.74 Å². The van der Waals surface area contributed by atoms with Crippen molar-refractivity contribution >= 4 is 6.09 Å². The molecule has 1 aliphatic rings. The van der Waals surface area contributed by atoms with Gasteiger partial charge in [0, 0.05) is 12.5 Å². The van der Waals surface area contributed by atoms with E-state index in [1.807, 2.05) is 48.5 Å². The van der Waals surface area contributed by atoms with Crippen molar-refractivity contribution in [1.82, 2.24) is 4.90 Å². The van der Waals surface area contributed by atoms with Gasteiger partial charge in [-0.15, -0.1) is 0 Å². The molecule has 0 aromatic carbocycles. The fraction of sp³-hybridized carbons (Fsp3) is 0.933. The molecule has 0 saturated carbocycles. The molecular weight excluding hydrogens is 270 g/mol. The molecule has 1 rings (SSSR count). The molecule has 0 spiro atoms. The molecule has 0 bridgehead atoms. The van der Waals surface area contributed by atoms with Crippen LogP contribution in [0.1, 0.15) is 48.5 Å². The fourth-order valence-corrected chi connectivity index (χ4v) is 1.56. The lowest BCUT2D eigenvalue weighted by molar-refractivity contribution is 0.0270. The molecule has 1 fully saturated rings. The Morgan fingerprint density at radius 1 is 1.19 bits per heavy atom. The van der Waals surface area contributed by atoms with Crippen LogP contribution in [0.25, 0.3) is 0 Å². The maximum atomic E-state index is 11.6. The number of nitrogens with two attached hydrogens (primary N) is 2. The minimum absolute atomic E-state index is 0.0301. The minimum atomic E-state index is -0.525. The number of likely N-dealkylation sites (tertiary alicyclic amines) is 1. The van der Waals surface area contributed by atoms with Gasteiger partial charge in [0.15, 0.2) is 0 Å². The number of rotatable bonds is 1. The van der Waals surface area contributed by atoms with E-state index in [0.717, 1.165) is 0 Å². The highest BCUT2D eigenvalue weighted by Crippen LogP contribution is 2.19. The predicted molar refractivity (Wildman–Crippen MR) is 89.2 cm³/mol. The summed E-state index contributed by atoms with van der Waals surface area (Å²) in [6, 6.07) is 0. The number of carbonyl (C=O) groups excluding carboxylic acids is 1. The molecule has 1 aliphatic heterocycles. The standard InChI is InChI=1S/C10H20N2O3.2C2H6.CH5N/c1-10(2,3)15-9(14)12-5-7(4-11)8(13)6-12;3*1-2/h7-8,13H,4-6,11H2,1-3H3;2*1-2H3;2H2,1H3. The van der Waals surface area contributed by atoms with Crippen molar-refractivity contribution in [3.8, 4) is 0 Å². The first kappa shape index (κ1) is 25.1. The molecule has 2 atom stereocenters. The van der Waals surface area contributed by atoms with Gasteiger partial charge in [-0.25, -0.2) is 4.79 Å². The number of aliphatic hydroxyl groups excluding tert-OH is 1. The van der Waals surface area contributed by atoms with Crippen LogP contribution in [-0.4, -0.2) is 54.5 Å². The van der Waals surface area contributed by atoms with E-state index in [1.54, 1.807) is 0 Å². The van der Waals surface area contributed by atoms with E-state index in [0.29, 0.717) is 19.6 Å². The number of β-amino-alcohol motifs (C(OH)–C–C–N with tert-alkyl or cyclic N) is 1. The van der Waals surface area contributed by atoms with Gasteiger partial charge in [0.25, 0.3) is 0 Å². The van der Waals surface area contributed by atoms with Crippen LogP contribution < -0.4 is 11.5 Å². The molecule has 0 aliphatic carbocycles. The van der Waals surface area contributed by atoms with Gasteiger partial charge in [0.05, 0.1) is 12.6 Å². The van der Waals surface area contributed by atoms with Gasteiger partial charge in [-0.05, 0) is 34.4 Å². The number of hydrogen-bond donors (Lipinski definition) is 3. The lowest BCUT2D eigenvalue weighted by atomic mass is 10.1. The molecule has 2 unspecified atom stereocenters. The van der Waals surface area contributed by atoms with Gasteiger partial charge in [-0.1, -0.05) is 27.7 Å². The normalized spacial score (nSPS) is 20.0. The summed E-state index contributed by atoms with van der Waals surface area (Å²) in [5.74, 6) is -0.0301. The highest BCUT2D eigenvalue weighted by molar-refractivity contribution is 5.68. The van der Waals surface area contributed by atoms with Gasteiger partial charge in [-0.3, -0.25) is 0 Å². The average Bonchev–Trinajstić information content (AvgIpc) is 2.85. The number of ether oxygens (including phenoxy) is 1. The SMILES string of the molecule is CC.CC.CC(C)(C)OC(=O)N1CC(O)C(CN)C1.CN. The number of amides is 1. The summed E-state index contributed by atoms with van der Waals surface area (Å²) in [5.41, 5.74) is 9.48. The van der Waals surface area contributed by atoms with E-state index in [9.17, 15) is 9.90 Å². The van der Waals surface area contributed by atoms with Crippen LogP contribution in [0.3, 0.4) is 0 Å². The van der Waals surface area contributed by atoms with Crippen LogP contribution in [0.2, 0.25) is 0 Å². The third-order valence-electron chi connectivity index (χ3n) is 2.36. The monoisotopic (exact) mass is 307 g/mol. The Labute approximate surface area is 130 Å². The summed E-state index contributed by atoms with van der Waals surface area (Å²) in [7, 11) is 1.50.